The minimum absolute atomic E-state index is 0.000877. The normalized spacial score (nSPS) is 11.6. The Balaban J connectivity index is 2.25. The van der Waals surface area contributed by atoms with E-state index in [-0.39, 0.29) is 29.7 Å². The van der Waals surface area contributed by atoms with Gasteiger partial charge in [0, 0.05) is 38.2 Å². The average Bonchev–Trinajstić information content (AvgIpc) is 3.11. The van der Waals surface area contributed by atoms with E-state index in [0.29, 0.717) is 31.8 Å². The molecule has 0 aliphatic heterocycles. The summed E-state index contributed by atoms with van der Waals surface area (Å²) in [5.41, 5.74) is 2.69. The van der Waals surface area contributed by atoms with Crippen LogP contribution in [0.25, 0.3) is 5.69 Å². The Labute approximate surface area is 192 Å². The van der Waals surface area contributed by atoms with Crippen molar-refractivity contribution in [3.05, 3.63) is 41.6 Å². The lowest BCUT2D eigenvalue weighted by Gasteiger charge is -2.23. The number of benzene rings is 1. The lowest BCUT2D eigenvalue weighted by Crippen LogP contribution is -2.39. The van der Waals surface area contributed by atoms with Gasteiger partial charge in [0.15, 0.2) is 0 Å². The molecule has 2 rings (SSSR count). The number of methoxy groups -OCH3 is 1. The number of hydrogen-bond donors (Lipinski definition) is 1. The number of nitrogens with one attached hydrogen (secondary N) is 1. The molecular weight excluding hydrogens is 404 g/mol. The zero-order chi connectivity index (χ0) is 23.9. The summed E-state index contributed by atoms with van der Waals surface area (Å²) in [7, 11) is 1.63. The van der Waals surface area contributed by atoms with Crippen LogP contribution in [0.1, 0.15) is 58.7 Å². The number of carbonyl (C=O) groups is 2. The van der Waals surface area contributed by atoms with Crippen LogP contribution in [0, 0.1) is 12.8 Å². The minimum atomic E-state index is -0.242. The standard InChI is InChI=1S/C25H38N4O3/c1-18(2)14-24(31)28(12-9-13-32-7)17-23(30)26-22-16-21(25(4,5)6)27-29(22)20-11-8-10-19(3)15-20/h8,10-11,15-16,18H,9,12-14,17H2,1-7H3,(H,26,30). The zero-order valence-electron chi connectivity index (χ0n) is 20.6. The third kappa shape index (κ3) is 7.48. The van der Waals surface area contributed by atoms with Crippen molar-refractivity contribution in [2.45, 2.75) is 59.8 Å². The van der Waals surface area contributed by atoms with E-state index in [4.69, 9.17) is 9.84 Å². The predicted octanol–water partition coefficient (Wildman–Crippen LogP) is 4.33. The van der Waals surface area contributed by atoms with E-state index in [1.807, 2.05) is 51.1 Å². The van der Waals surface area contributed by atoms with Gasteiger partial charge in [-0.1, -0.05) is 46.8 Å². The monoisotopic (exact) mass is 442 g/mol. The average molecular weight is 443 g/mol. The van der Waals surface area contributed by atoms with E-state index < -0.39 is 0 Å². The summed E-state index contributed by atoms with van der Waals surface area (Å²) < 4.78 is 6.87. The van der Waals surface area contributed by atoms with Crippen molar-refractivity contribution in [2.24, 2.45) is 5.92 Å². The molecule has 0 aliphatic rings. The second-order valence-electron chi connectivity index (χ2n) is 9.72. The van der Waals surface area contributed by atoms with Crippen LogP contribution in [0.5, 0.6) is 0 Å². The lowest BCUT2D eigenvalue weighted by molar-refractivity contribution is -0.135. The summed E-state index contributed by atoms with van der Waals surface area (Å²) in [5.74, 6) is 0.564. The van der Waals surface area contributed by atoms with Gasteiger partial charge in [0.1, 0.15) is 5.82 Å². The molecule has 0 saturated carbocycles. The molecule has 7 nitrogen and oxygen atoms in total. The molecule has 2 aromatic rings. The topological polar surface area (TPSA) is 76.5 Å². The first kappa shape index (κ1) is 25.6. The molecule has 1 N–H and O–H groups in total. The van der Waals surface area contributed by atoms with Gasteiger partial charge in [-0.05, 0) is 37.0 Å². The molecule has 0 unspecified atom stereocenters. The molecule has 0 saturated heterocycles. The number of carbonyl (C=O) groups excluding carboxylic acids is 2. The first-order chi connectivity index (χ1) is 15.0. The quantitative estimate of drug-likeness (QED) is 0.556. The van der Waals surface area contributed by atoms with Crippen molar-refractivity contribution in [2.75, 3.05) is 32.1 Å². The van der Waals surface area contributed by atoms with Crippen LogP contribution in [0.3, 0.4) is 0 Å². The van der Waals surface area contributed by atoms with E-state index in [1.165, 1.54) is 0 Å². The van der Waals surface area contributed by atoms with Crippen LogP contribution in [-0.4, -0.2) is 53.3 Å². The SMILES string of the molecule is COCCCN(CC(=O)Nc1cc(C(C)(C)C)nn1-c1cccc(C)c1)C(=O)CC(C)C. The highest BCUT2D eigenvalue weighted by molar-refractivity contribution is 5.94. The molecule has 0 aliphatic carbocycles. The van der Waals surface area contributed by atoms with Crippen molar-refractivity contribution < 1.29 is 14.3 Å². The van der Waals surface area contributed by atoms with E-state index in [1.54, 1.807) is 16.7 Å². The fourth-order valence-corrected chi connectivity index (χ4v) is 3.32. The minimum Gasteiger partial charge on any atom is -0.385 e. The van der Waals surface area contributed by atoms with E-state index in [9.17, 15) is 9.59 Å². The Morgan fingerprint density at radius 1 is 1.22 bits per heavy atom. The maximum atomic E-state index is 13.0. The molecule has 0 atom stereocenters. The van der Waals surface area contributed by atoms with Crippen LogP contribution in [-0.2, 0) is 19.7 Å². The molecule has 32 heavy (non-hydrogen) atoms. The van der Waals surface area contributed by atoms with Gasteiger partial charge in [-0.25, -0.2) is 4.68 Å². The summed E-state index contributed by atoms with van der Waals surface area (Å²) in [6, 6.07) is 9.89. The Morgan fingerprint density at radius 2 is 1.94 bits per heavy atom. The predicted molar refractivity (Wildman–Crippen MR) is 128 cm³/mol. The summed E-state index contributed by atoms with van der Waals surface area (Å²) in [6.45, 7) is 13.3. The molecule has 2 amide bonds. The van der Waals surface area contributed by atoms with Gasteiger partial charge >= 0.3 is 0 Å². The Hall–Kier alpha value is -2.67. The van der Waals surface area contributed by atoms with Crippen molar-refractivity contribution in [1.82, 2.24) is 14.7 Å². The Bertz CT molecular complexity index is 912. The number of aryl methyl sites for hydroxylation is 1. The number of amides is 2. The van der Waals surface area contributed by atoms with Crippen LogP contribution in [0.15, 0.2) is 30.3 Å². The lowest BCUT2D eigenvalue weighted by atomic mass is 9.92. The number of nitrogens with zero attached hydrogens (tertiary/aromatic N) is 3. The molecule has 0 fully saturated rings. The molecule has 1 heterocycles. The van der Waals surface area contributed by atoms with E-state index in [0.717, 1.165) is 16.9 Å². The second kappa shape index (κ2) is 11.3. The molecular formula is C25H38N4O3. The molecule has 0 radical (unpaired) electrons. The highest BCUT2D eigenvalue weighted by atomic mass is 16.5. The van der Waals surface area contributed by atoms with Crippen LogP contribution < -0.4 is 5.32 Å². The summed E-state index contributed by atoms with van der Waals surface area (Å²) in [6.07, 6.45) is 1.10. The van der Waals surface area contributed by atoms with Crippen LogP contribution in [0.2, 0.25) is 0 Å². The van der Waals surface area contributed by atoms with E-state index in [2.05, 4.69) is 26.1 Å². The van der Waals surface area contributed by atoms with Crippen molar-refractivity contribution in [3.63, 3.8) is 0 Å². The highest BCUT2D eigenvalue weighted by Crippen LogP contribution is 2.26. The second-order valence-corrected chi connectivity index (χ2v) is 9.72. The fourth-order valence-electron chi connectivity index (χ4n) is 3.32. The van der Waals surface area contributed by atoms with Gasteiger partial charge in [-0.3, -0.25) is 9.59 Å². The number of rotatable bonds is 10. The van der Waals surface area contributed by atoms with Gasteiger partial charge in [-0.2, -0.15) is 5.10 Å². The fraction of sp³-hybridized carbons (Fsp3) is 0.560. The molecule has 1 aromatic heterocycles. The first-order valence-electron chi connectivity index (χ1n) is 11.3. The molecule has 0 bridgehead atoms. The molecule has 0 spiro atoms. The number of anilines is 1. The zero-order valence-corrected chi connectivity index (χ0v) is 20.6. The largest absolute Gasteiger partial charge is 0.385 e. The third-order valence-corrected chi connectivity index (χ3v) is 5.04. The molecule has 7 heteroatoms. The Morgan fingerprint density at radius 3 is 2.53 bits per heavy atom. The summed E-state index contributed by atoms with van der Waals surface area (Å²) >= 11 is 0. The van der Waals surface area contributed by atoms with E-state index >= 15 is 0 Å². The summed E-state index contributed by atoms with van der Waals surface area (Å²) in [4.78, 5) is 27.3. The third-order valence-electron chi connectivity index (χ3n) is 5.04. The van der Waals surface area contributed by atoms with Crippen molar-refractivity contribution in [1.29, 1.82) is 0 Å². The smallest absolute Gasteiger partial charge is 0.245 e. The Kier molecular flexibility index (Phi) is 9.01. The number of aromatic nitrogens is 2. The maximum Gasteiger partial charge on any atom is 0.245 e. The highest BCUT2D eigenvalue weighted by Gasteiger charge is 2.23. The van der Waals surface area contributed by atoms with Crippen molar-refractivity contribution >= 4 is 17.6 Å². The van der Waals surface area contributed by atoms with Gasteiger partial charge < -0.3 is 15.0 Å². The van der Waals surface area contributed by atoms with Crippen LogP contribution in [0.4, 0.5) is 5.82 Å². The van der Waals surface area contributed by atoms with Crippen molar-refractivity contribution in [3.8, 4) is 5.69 Å². The van der Waals surface area contributed by atoms with Gasteiger partial charge in [0.2, 0.25) is 11.8 Å². The maximum absolute atomic E-state index is 13.0. The molecule has 1 aromatic carbocycles. The number of ether oxygens (including phenoxy) is 1. The summed E-state index contributed by atoms with van der Waals surface area (Å²) in [5, 5.41) is 7.75. The first-order valence-corrected chi connectivity index (χ1v) is 11.3. The van der Waals surface area contributed by atoms with Gasteiger partial charge in [0.25, 0.3) is 0 Å². The van der Waals surface area contributed by atoms with Gasteiger partial charge in [0.05, 0.1) is 17.9 Å². The number of hydrogen-bond acceptors (Lipinski definition) is 4. The van der Waals surface area contributed by atoms with Crippen LogP contribution >= 0.6 is 0 Å². The molecule has 176 valence electrons. The van der Waals surface area contributed by atoms with Gasteiger partial charge in [-0.15, -0.1) is 0 Å².